The van der Waals surface area contributed by atoms with Crippen LogP contribution in [0.5, 0.6) is 11.5 Å². The second-order valence-corrected chi connectivity index (χ2v) is 6.89. The highest BCUT2D eigenvalue weighted by molar-refractivity contribution is 6.14. The number of esters is 1. The van der Waals surface area contributed by atoms with Gasteiger partial charge in [-0.05, 0) is 23.8 Å². The topological polar surface area (TPSA) is 77.6 Å². The lowest BCUT2D eigenvalue weighted by molar-refractivity contribution is 0.0474. The number of fused-ring (bicyclic) bond motifs is 1. The third-order valence-corrected chi connectivity index (χ3v) is 4.97. The van der Waals surface area contributed by atoms with Gasteiger partial charge in [0.1, 0.15) is 11.5 Å². The maximum atomic E-state index is 13.1. The van der Waals surface area contributed by atoms with Crippen molar-refractivity contribution < 1.29 is 23.8 Å². The normalized spacial score (nSPS) is 10.6. The van der Waals surface area contributed by atoms with Gasteiger partial charge in [-0.25, -0.2) is 4.79 Å². The van der Waals surface area contributed by atoms with Crippen molar-refractivity contribution in [3.63, 3.8) is 0 Å². The molecule has 1 N–H and O–H groups in total. The van der Waals surface area contributed by atoms with Gasteiger partial charge < -0.3 is 19.2 Å². The van der Waals surface area contributed by atoms with Crippen molar-refractivity contribution in [1.82, 2.24) is 4.98 Å². The summed E-state index contributed by atoms with van der Waals surface area (Å²) in [5.41, 5.74) is 3.16. The van der Waals surface area contributed by atoms with Crippen molar-refractivity contribution >= 4 is 22.7 Å². The second-order valence-electron chi connectivity index (χ2n) is 6.89. The highest BCUT2D eigenvalue weighted by Gasteiger charge is 2.21. The first-order valence-corrected chi connectivity index (χ1v) is 9.70. The van der Waals surface area contributed by atoms with Crippen LogP contribution in [0.2, 0.25) is 0 Å². The summed E-state index contributed by atoms with van der Waals surface area (Å²) in [6.45, 7) is -0.389. The number of para-hydroxylation sites is 1. The molecular weight excluding hydrogens is 394 g/mol. The van der Waals surface area contributed by atoms with E-state index < -0.39 is 5.97 Å². The Balaban J connectivity index is 1.62. The average Bonchev–Trinajstić information content (AvgIpc) is 3.22. The predicted molar refractivity (Wildman–Crippen MR) is 118 cm³/mol. The molecule has 0 aliphatic heterocycles. The number of ether oxygens (including phenoxy) is 3. The quantitative estimate of drug-likeness (QED) is 0.343. The monoisotopic (exact) mass is 415 g/mol. The molecule has 0 atom stereocenters. The molecule has 4 rings (SSSR count). The van der Waals surface area contributed by atoms with E-state index in [1.54, 1.807) is 6.07 Å². The van der Waals surface area contributed by atoms with E-state index in [2.05, 4.69) is 4.98 Å². The molecule has 31 heavy (non-hydrogen) atoms. The lowest BCUT2D eigenvalue weighted by Gasteiger charge is -2.09. The first-order valence-electron chi connectivity index (χ1n) is 9.70. The van der Waals surface area contributed by atoms with Gasteiger partial charge in [-0.3, -0.25) is 4.79 Å². The summed E-state index contributed by atoms with van der Waals surface area (Å²) in [5.74, 6) is -0.00703. The maximum Gasteiger partial charge on any atom is 0.338 e. The Labute approximate surface area is 179 Å². The first-order chi connectivity index (χ1) is 15.1. The lowest BCUT2D eigenvalue weighted by atomic mass is 10.0. The number of methoxy groups -OCH3 is 2. The van der Waals surface area contributed by atoms with E-state index in [1.807, 2.05) is 54.6 Å². The van der Waals surface area contributed by atoms with Crippen molar-refractivity contribution in [2.45, 2.75) is 0 Å². The van der Waals surface area contributed by atoms with Gasteiger partial charge in [0, 0.05) is 17.0 Å². The fourth-order valence-electron chi connectivity index (χ4n) is 3.46. The summed E-state index contributed by atoms with van der Waals surface area (Å²) < 4.78 is 15.7. The van der Waals surface area contributed by atoms with Crippen LogP contribution in [0.4, 0.5) is 0 Å². The van der Waals surface area contributed by atoms with Gasteiger partial charge in [0.2, 0.25) is 5.78 Å². The van der Waals surface area contributed by atoms with Crippen LogP contribution in [0.15, 0.2) is 72.8 Å². The Morgan fingerprint density at radius 1 is 0.839 bits per heavy atom. The Kier molecular flexibility index (Phi) is 5.71. The number of carbonyl (C=O) groups is 2. The highest BCUT2D eigenvalue weighted by Crippen LogP contribution is 2.31. The van der Waals surface area contributed by atoms with Gasteiger partial charge in [-0.2, -0.15) is 0 Å². The summed E-state index contributed by atoms with van der Waals surface area (Å²) in [4.78, 5) is 29.0. The number of benzene rings is 3. The van der Waals surface area contributed by atoms with E-state index >= 15 is 0 Å². The van der Waals surface area contributed by atoms with Crippen LogP contribution < -0.4 is 9.47 Å². The zero-order valence-electron chi connectivity index (χ0n) is 17.2. The smallest absolute Gasteiger partial charge is 0.338 e. The van der Waals surface area contributed by atoms with Gasteiger partial charge >= 0.3 is 5.97 Å². The molecule has 4 aromatic rings. The molecule has 1 heterocycles. The molecule has 6 heteroatoms. The van der Waals surface area contributed by atoms with E-state index in [9.17, 15) is 9.59 Å². The third kappa shape index (κ3) is 4.14. The number of carbonyl (C=O) groups excluding carboxylic acids is 2. The second kappa shape index (κ2) is 8.75. The number of hydrogen-bond donors (Lipinski definition) is 1. The van der Waals surface area contributed by atoms with Crippen molar-refractivity contribution in [3.8, 4) is 22.8 Å². The maximum absolute atomic E-state index is 13.1. The molecule has 3 aromatic carbocycles. The Hall–Kier alpha value is -4.06. The fraction of sp³-hybridized carbons (Fsp3) is 0.120. The number of rotatable bonds is 7. The largest absolute Gasteiger partial charge is 0.497 e. The van der Waals surface area contributed by atoms with Crippen LogP contribution in [0.3, 0.4) is 0 Å². The number of aromatic amines is 1. The van der Waals surface area contributed by atoms with E-state index in [1.165, 1.54) is 26.4 Å². The molecule has 0 aliphatic carbocycles. The van der Waals surface area contributed by atoms with E-state index in [0.717, 1.165) is 16.5 Å². The standard InChI is InChI=1S/C25H21NO5/c1-29-18-12-17(13-19(14-18)30-2)25(28)31-15-22(27)23-20-10-6-7-11-21(20)26-24(23)16-8-4-3-5-9-16/h3-14,26H,15H2,1-2H3. The minimum absolute atomic E-state index is 0.242. The molecule has 0 saturated carbocycles. The minimum Gasteiger partial charge on any atom is -0.497 e. The number of nitrogens with one attached hydrogen (secondary N) is 1. The summed E-state index contributed by atoms with van der Waals surface area (Å²) >= 11 is 0. The fourth-order valence-corrected chi connectivity index (χ4v) is 3.46. The third-order valence-electron chi connectivity index (χ3n) is 4.97. The zero-order valence-corrected chi connectivity index (χ0v) is 17.2. The molecule has 1 aromatic heterocycles. The molecule has 0 saturated heterocycles. The highest BCUT2D eigenvalue weighted by atomic mass is 16.5. The first kappa shape index (κ1) is 20.2. The molecule has 0 fully saturated rings. The van der Waals surface area contributed by atoms with Gasteiger partial charge in [0.05, 0.1) is 31.0 Å². The van der Waals surface area contributed by atoms with Gasteiger partial charge in [0.25, 0.3) is 0 Å². The molecule has 0 amide bonds. The predicted octanol–water partition coefficient (Wildman–Crippen LogP) is 4.89. The van der Waals surface area contributed by atoms with E-state index in [0.29, 0.717) is 22.8 Å². The number of aromatic nitrogens is 1. The molecule has 0 radical (unpaired) electrons. The van der Waals surface area contributed by atoms with Gasteiger partial charge in [-0.15, -0.1) is 0 Å². The van der Waals surface area contributed by atoms with Crippen LogP contribution in [-0.2, 0) is 4.74 Å². The van der Waals surface area contributed by atoms with Crippen molar-refractivity contribution in [3.05, 3.63) is 83.9 Å². The molecule has 0 unspecified atom stereocenters. The van der Waals surface area contributed by atoms with Gasteiger partial charge in [0.15, 0.2) is 6.61 Å². The summed E-state index contributed by atoms with van der Waals surface area (Å²) in [7, 11) is 2.99. The summed E-state index contributed by atoms with van der Waals surface area (Å²) in [5, 5.41) is 0.783. The Morgan fingerprint density at radius 2 is 1.48 bits per heavy atom. The van der Waals surface area contributed by atoms with Crippen LogP contribution >= 0.6 is 0 Å². The summed E-state index contributed by atoms with van der Waals surface area (Å²) in [6.07, 6.45) is 0. The Morgan fingerprint density at radius 3 is 2.16 bits per heavy atom. The van der Waals surface area contributed by atoms with Crippen LogP contribution in [0.25, 0.3) is 22.2 Å². The van der Waals surface area contributed by atoms with Crippen LogP contribution in [0, 0.1) is 0 Å². The van der Waals surface area contributed by atoms with Crippen LogP contribution in [-0.4, -0.2) is 37.6 Å². The van der Waals surface area contributed by atoms with Gasteiger partial charge in [-0.1, -0.05) is 48.5 Å². The molecule has 0 aliphatic rings. The minimum atomic E-state index is -0.633. The number of Topliss-reactive ketones (excluding diaryl/α,β-unsaturated/α-hetero) is 1. The SMILES string of the molecule is COc1cc(OC)cc(C(=O)OCC(=O)c2c(-c3ccccc3)[nH]c3ccccc23)c1. The Bertz CT molecular complexity index is 1220. The average molecular weight is 415 g/mol. The van der Waals surface area contributed by atoms with Crippen molar-refractivity contribution in [2.24, 2.45) is 0 Å². The van der Waals surface area contributed by atoms with E-state index in [4.69, 9.17) is 14.2 Å². The number of H-pyrrole nitrogens is 1. The molecule has 0 spiro atoms. The number of hydrogen-bond acceptors (Lipinski definition) is 5. The molecule has 156 valence electrons. The van der Waals surface area contributed by atoms with Crippen LogP contribution in [0.1, 0.15) is 20.7 Å². The molecular formula is C25H21NO5. The molecule has 0 bridgehead atoms. The molecule has 6 nitrogen and oxygen atoms in total. The lowest BCUT2D eigenvalue weighted by Crippen LogP contribution is -2.15. The number of ketones is 1. The summed E-state index contributed by atoms with van der Waals surface area (Å²) in [6, 6.07) is 21.9. The van der Waals surface area contributed by atoms with Crippen molar-refractivity contribution in [2.75, 3.05) is 20.8 Å². The van der Waals surface area contributed by atoms with Crippen molar-refractivity contribution in [1.29, 1.82) is 0 Å². The zero-order chi connectivity index (χ0) is 21.8. The van der Waals surface area contributed by atoms with E-state index in [-0.39, 0.29) is 18.0 Å².